The Bertz CT molecular complexity index is 805. The Morgan fingerprint density at radius 3 is 2.70 bits per heavy atom. The third-order valence-corrected chi connectivity index (χ3v) is 4.24. The van der Waals surface area contributed by atoms with E-state index in [1.165, 1.54) is 0 Å². The van der Waals surface area contributed by atoms with Crippen molar-refractivity contribution in [3.63, 3.8) is 0 Å². The molecule has 1 aliphatic heterocycles. The van der Waals surface area contributed by atoms with E-state index < -0.39 is 0 Å². The van der Waals surface area contributed by atoms with E-state index >= 15 is 0 Å². The standard InChI is InChI=1S/C21H24N2O4/c1-3-11-23(13-17-7-5-4-6-8-17)21(24)14-27-22-16(2)18-9-10-19-20(12-18)26-15-25-19/h4-10,12H,3,11,13-15H2,1-2H3/b22-16+. The van der Waals surface area contributed by atoms with Crippen LogP contribution in [0.5, 0.6) is 11.5 Å². The van der Waals surface area contributed by atoms with Gasteiger partial charge in [-0.1, -0.05) is 42.4 Å². The summed E-state index contributed by atoms with van der Waals surface area (Å²) in [6.45, 7) is 5.27. The monoisotopic (exact) mass is 368 g/mol. The molecule has 3 rings (SSSR count). The summed E-state index contributed by atoms with van der Waals surface area (Å²) in [6, 6.07) is 15.5. The molecule has 27 heavy (non-hydrogen) atoms. The molecule has 2 aromatic rings. The van der Waals surface area contributed by atoms with E-state index in [1.807, 2.05) is 62.4 Å². The van der Waals surface area contributed by atoms with Gasteiger partial charge in [0.25, 0.3) is 5.91 Å². The maximum absolute atomic E-state index is 12.5. The highest BCUT2D eigenvalue weighted by Crippen LogP contribution is 2.32. The Balaban J connectivity index is 1.57. The smallest absolute Gasteiger partial charge is 0.263 e. The van der Waals surface area contributed by atoms with E-state index in [4.69, 9.17) is 14.3 Å². The van der Waals surface area contributed by atoms with Gasteiger partial charge in [0.15, 0.2) is 18.1 Å². The summed E-state index contributed by atoms with van der Waals surface area (Å²) in [5, 5.41) is 4.08. The van der Waals surface area contributed by atoms with E-state index in [9.17, 15) is 4.79 Å². The summed E-state index contributed by atoms with van der Waals surface area (Å²) in [6.07, 6.45) is 0.887. The molecule has 0 atom stereocenters. The van der Waals surface area contributed by atoms with Gasteiger partial charge in [-0.05, 0) is 37.1 Å². The van der Waals surface area contributed by atoms with Crippen molar-refractivity contribution in [2.24, 2.45) is 5.16 Å². The lowest BCUT2D eigenvalue weighted by molar-refractivity contribution is -0.136. The summed E-state index contributed by atoms with van der Waals surface area (Å²) in [5.74, 6) is 1.33. The van der Waals surface area contributed by atoms with Crippen LogP contribution in [0.2, 0.25) is 0 Å². The van der Waals surface area contributed by atoms with Crippen molar-refractivity contribution in [3.05, 3.63) is 59.7 Å². The molecule has 1 aliphatic rings. The van der Waals surface area contributed by atoms with Crippen molar-refractivity contribution >= 4 is 11.6 Å². The maximum atomic E-state index is 12.5. The Labute approximate surface area is 159 Å². The van der Waals surface area contributed by atoms with E-state index in [2.05, 4.69) is 5.16 Å². The zero-order chi connectivity index (χ0) is 19.1. The lowest BCUT2D eigenvalue weighted by Crippen LogP contribution is -2.33. The summed E-state index contributed by atoms with van der Waals surface area (Å²) in [4.78, 5) is 19.6. The van der Waals surface area contributed by atoms with Crippen molar-refractivity contribution in [1.29, 1.82) is 0 Å². The quantitative estimate of drug-likeness (QED) is 0.528. The van der Waals surface area contributed by atoms with E-state index in [0.717, 1.165) is 23.3 Å². The van der Waals surface area contributed by atoms with Crippen molar-refractivity contribution in [2.45, 2.75) is 26.8 Å². The third-order valence-electron chi connectivity index (χ3n) is 4.24. The molecule has 0 radical (unpaired) electrons. The molecule has 6 nitrogen and oxygen atoms in total. The fraction of sp³-hybridized carbons (Fsp3) is 0.333. The van der Waals surface area contributed by atoms with Gasteiger partial charge in [0.2, 0.25) is 6.79 Å². The first-order valence-corrected chi connectivity index (χ1v) is 9.05. The van der Waals surface area contributed by atoms with E-state index in [0.29, 0.717) is 24.6 Å². The molecule has 142 valence electrons. The van der Waals surface area contributed by atoms with Gasteiger partial charge >= 0.3 is 0 Å². The molecule has 0 fully saturated rings. The van der Waals surface area contributed by atoms with Gasteiger partial charge < -0.3 is 19.2 Å². The minimum atomic E-state index is -0.0886. The minimum Gasteiger partial charge on any atom is -0.454 e. The molecular weight excluding hydrogens is 344 g/mol. The number of rotatable bonds is 8. The predicted octanol–water partition coefficient (Wildman–Crippen LogP) is 3.59. The van der Waals surface area contributed by atoms with Crippen LogP contribution in [0, 0.1) is 0 Å². The second-order valence-corrected chi connectivity index (χ2v) is 6.32. The Hall–Kier alpha value is -3.02. The number of carbonyl (C=O) groups excluding carboxylic acids is 1. The molecule has 0 saturated carbocycles. The average Bonchev–Trinajstić information content (AvgIpc) is 3.16. The molecule has 0 aromatic heterocycles. The minimum absolute atomic E-state index is 0.0806. The molecule has 0 spiro atoms. The van der Waals surface area contributed by atoms with Crippen LogP contribution in [0.4, 0.5) is 0 Å². The summed E-state index contributed by atoms with van der Waals surface area (Å²) < 4.78 is 10.7. The predicted molar refractivity (Wildman–Crippen MR) is 103 cm³/mol. The molecular formula is C21H24N2O4. The van der Waals surface area contributed by atoms with Crippen LogP contribution < -0.4 is 9.47 Å². The number of carbonyl (C=O) groups is 1. The number of benzene rings is 2. The van der Waals surface area contributed by atoms with Crippen LogP contribution in [0.15, 0.2) is 53.7 Å². The number of hydrogen-bond donors (Lipinski definition) is 0. The SMILES string of the molecule is CCCN(Cc1ccccc1)C(=O)CO/N=C(\C)c1ccc2c(c1)OCO2. The molecule has 1 heterocycles. The van der Waals surface area contributed by atoms with E-state index in [-0.39, 0.29) is 19.3 Å². The Kier molecular flexibility index (Phi) is 6.30. The fourth-order valence-corrected chi connectivity index (χ4v) is 2.82. The third kappa shape index (κ3) is 5.00. The molecule has 0 aliphatic carbocycles. The number of amides is 1. The number of fused-ring (bicyclic) bond motifs is 1. The highest BCUT2D eigenvalue weighted by atomic mass is 16.7. The topological polar surface area (TPSA) is 60.4 Å². The number of nitrogens with zero attached hydrogens (tertiary/aromatic N) is 2. The number of oxime groups is 1. The first-order valence-electron chi connectivity index (χ1n) is 9.05. The van der Waals surface area contributed by atoms with Gasteiger partial charge in [-0.2, -0.15) is 0 Å². The van der Waals surface area contributed by atoms with Gasteiger partial charge in [-0.25, -0.2) is 0 Å². The normalized spacial score (nSPS) is 12.7. The lowest BCUT2D eigenvalue weighted by atomic mass is 10.1. The average molecular weight is 368 g/mol. The molecule has 0 saturated heterocycles. The second-order valence-electron chi connectivity index (χ2n) is 6.32. The largest absolute Gasteiger partial charge is 0.454 e. The second kappa shape index (κ2) is 9.07. The number of ether oxygens (including phenoxy) is 2. The summed E-state index contributed by atoms with van der Waals surface area (Å²) >= 11 is 0. The molecule has 0 N–H and O–H groups in total. The molecule has 0 bridgehead atoms. The Morgan fingerprint density at radius 1 is 1.15 bits per heavy atom. The Morgan fingerprint density at radius 2 is 1.93 bits per heavy atom. The highest BCUT2D eigenvalue weighted by molar-refractivity contribution is 5.99. The van der Waals surface area contributed by atoms with Crippen LogP contribution in [-0.4, -0.2) is 36.5 Å². The highest BCUT2D eigenvalue weighted by Gasteiger charge is 2.15. The van der Waals surface area contributed by atoms with Gasteiger partial charge in [0.1, 0.15) is 0 Å². The molecule has 6 heteroatoms. The first kappa shape index (κ1) is 18.8. The van der Waals surface area contributed by atoms with Crippen molar-refractivity contribution in [2.75, 3.05) is 19.9 Å². The molecule has 1 amide bonds. The van der Waals surface area contributed by atoms with Gasteiger partial charge in [0, 0.05) is 18.7 Å². The van der Waals surface area contributed by atoms with Gasteiger partial charge in [-0.15, -0.1) is 0 Å². The fourth-order valence-electron chi connectivity index (χ4n) is 2.82. The van der Waals surface area contributed by atoms with Crippen LogP contribution in [0.25, 0.3) is 0 Å². The number of hydrogen-bond acceptors (Lipinski definition) is 5. The lowest BCUT2D eigenvalue weighted by Gasteiger charge is -2.21. The molecule has 0 unspecified atom stereocenters. The van der Waals surface area contributed by atoms with Crippen LogP contribution in [0.1, 0.15) is 31.4 Å². The summed E-state index contributed by atoms with van der Waals surface area (Å²) in [5.41, 5.74) is 2.63. The van der Waals surface area contributed by atoms with Gasteiger partial charge in [-0.3, -0.25) is 4.79 Å². The zero-order valence-electron chi connectivity index (χ0n) is 15.7. The van der Waals surface area contributed by atoms with E-state index in [1.54, 1.807) is 4.90 Å². The van der Waals surface area contributed by atoms with Crippen molar-refractivity contribution in [1.82, 2.24) is 4.90 Å². The van der Waals surface area contributed by atoms with Crippen LogP contribution in [0.3, 0.4) is 0 Å². The van der Waals surface area contributed by atoms with Gasteiger partial charge in [0.05, 0.1) is 5.71 Å². The maximum Gasteiger partial charge on any atom is 0.263 e. The first-order chi connectivity index (χ1) is 13.2. The molecule has 2 aromatic carbocycles. The van der Waals surface area contributed by atoms with Crippen LogP contribution >= 0.6 is 0 Å². The van der Waals surface area contributed by atoms with Crippen molar-refractivity contribution in [3.8, 4) is 11.5 Å². The zero-order valence-corrected chi connectivity index (χ0v) is 15.7. The van der Waals surface area contributed by atoms with Crippen LogP contribution in [-0.2, 0) is 16.2 Å². The van der Waals surface area contributed by atoms with Crippen molar-refractivity contribution < 1.29 is 19.1 Å². The summed E-state index contributed by atoms with van der Waals surface area (Å²) in [7, 11) is 0.